The summed E-state index contributed by atoms with van der Waals surface area (Å²) in [5.74, 6) is 1.60. The molecule has 7 rings (SSSR count). The van der Waals surface area contributed by atoms with Crippen LogP contribution in [0.15, 0.2) is 126 Å². The molecule has 20 nitrogen and oxygen atoms in total. The van der Waals surface area contributed by atoms with Crippen molar-refractivity contribution in [1.82, 2.24) is 44.9 Å². The summed E-state index contributed by atoms with van der Waals surface area (Å²) in [4.78, 5) is 65.9. The average molecular weight is 1250 g/mol. The van der Waals surface area contributed by atoms with Gasteiger partial charge in [-0.1, -0.05) is 76.8 Å². The van der Waals surface area contributed by atoms with Crippen molar-refractivity contribution in [2.24, 2.45) is 5.92 Å². The Bertz CT molecular complexity index is 2890. The van der Waals surface area contributed by atoms with Crippen LogP contribution < -0.4 is 25.4 Å². The maximum Gasteiger partial charge on any atom is 0.325 e. The van der Waals surface area contributed by atoms with Crippen molar-refractivity contribution in [3.63, 3.8) is 0 Å². The Kier molecular flexibility index (Phi) is 27.5. The number of urea groups is 1. The first kappa shape index (κ1) is 65.7. The number of carbonyl (C=O) groups is 4. The molecule has 2 unspecified atom stereocenters. The molecule has 5 aromatic rings. The van der Waals surface area contributed by atoms with Crippen molar-refractivity contribution in [3.8, 4) is 11.5 Å². The molecule has 22 heteroatoms. The lowest BCUT2D eigenvalue weighted by Gasteiger charge is -2.33. The highest BCUT2D eigenvalue weighted by Gasteiger charge is 2.36. The predicted molar refractivity (Wildman–Crippen MR) is 335 cm³/mol. The molecule has 2 aromatic heterocycles. The van der Waals surface area contributed by atoms with Gasteiger partial charge in [-0.15, -0.1) is 16.4 Å². The fraction of sp³-hybridized carbons (Fsp3) is 0.476. The van der Waals surface area contributed by atoms with Crippen LogP contribution in [0.2, 0.25) is 0 Å². The molecule has 1 saturated carbocycles. The fourth-order valence-electron chi connectivity index (χ4n) is 9.30. The third-order valence-corrected chi connectivity index (χ3v) is 15.8. The van der Waals surface area contributed by atoms with Gasteiger partial charge in [-0.3, -0.25) is 19.7 Å². The molecule has 2 aliphatic rings. The SMILES string of the molecule is C=C/C=C(\C=C)C(C)NC(=O)C(c1ccc(Br)cc1)N(CC1CC1)C(=O)CCc1ccc(OCCCCN(C)CCOCCOCCc2cn(CCOCCOc3ccc(NC(=O)Nc4nc(CC(=O)N5CCN(C)CC5)cs4)cc3)nn2)cc1. The summed E-state index contributed by atoms with van der Waals surface area (Å²) in [5, 5.41) is 19.3. The summed E-state index contributed by atoms with van der Waals surface area (Å²) in [5.41, 5.74) is 4.72. The van der Waals surface area contributed by atoms with Crippen LogP contribution >= 0.6 is 27.3 Å². The second-order valence-electron chi connectivity index (χ2n) is 21.3. The third kappa shape index (κ3) is 23.5. The second kappa shape index (κ2) is 35.6. The molecule has 458 valence electrons. The number of amides is 5. The third-order valence-electron chi connectivity index (χ3n) is 14.5. The van der Waals surface area contributed by atoms with E-state index >= 15 is 0 Å². The number of allylic oxidation sites excluding steroid dienone is 2. The normalized spacial score (nSPS) is 14.4. The molecule has 0 radical (unpaired) electrons. The number of likely N-dealkylation sites (N-methyl/N-ethyl adjacent to an activating group) is 2. The van der Waals surface area contributed by atoms with Gasteiger partial charge in [-0.25, -0.2) is 14.5 Å². The Labute approximate surface area is 513 Å². The first-order valence-electron chi connectivity index (χ1n) is 29.4. The molecule has 1 aliphatic carbocycles. The number of nitrogens with one attached hydrogen (secondary N) is 3. The number of hydrogen-bond acceptors (Lipinski definition) is 15. The van der Waals surface area contributed by atoms with Crippen molar-refractivity contribution in [2.75, 3.05) is 123 Å². The quantitative estimate of drug-likeness (QED) is 0.0250. The van der Waals surface area contributed by atoms with E-state index in [1.807, 2.05) is 79.7 Å². The van der Waals surface area contributed by atoms with E-state index in [1.54, 1.807) is 51.4 Å². The van der Waals surface area contributed by atoms with Gasteiger partial charge in [0.25, 0.3) is 0 Å². The van der Waals surface area contributed by atoms with Crippen LogP contribution in [0.1, 0.15) is 67.6 Å². The first-order chi connectivity index (χ1) is 41.3. The average Bonchev–Trinajstić information content (AvgIpc) is 4.30. The summed E-state index contributed by atoms with van der Waals surface area (Å²) in [7, 11) is 4.14. The van der Waals surface area contributed by atoms with E-state index < -0.39 is 12.1 Å². The summed E-state index contributed by atoms with van der Waals surface area (Å²) >= 11 is 4.80. The number of piperazine rings is 1. The molecule has 3 aromatic carbocycles. The van der Waals surface area contributed by atoms with Crippen LogP contribution in [0, 0.1) is 5.92 Å². The second-order valence-corrected chi connectivity index (χ2v) is 23.1. The van der Waals surface area contributed by atoms with Gasteiger partial charge in [0, 0.05) is 73.8 Å². The van der Waals surface area contributed by atoms with Crippen LogP contribution in [0.4, 0.5) is 15.6 Å². The number of carbonyl (C=O) groups excluding carboxylic acids is 4. The maximum absolute atomic E-state index is 14.1. The van der Waals surface area contributed by atoms with Crippen molar-refractivity contribution in [2.45, 2.75) is 76.9 Å². The zero-order valence-electron chi connectivity index (χ0n) is 49.5. The maximum atomic E-state index is 14.1. The highest BCUT2D eigenvalue weighted by Crippen LogP contribution is 2.34. The van der Waals surface area contributed by atoms with Gasteiger partial charge in [0.05, 0.1) is 76.6 Å². The first-order valence-corrected chi connectivity index (χ1v) is 31.0. The topological polar surface area (TPSA) is 207 Å². The lowest BCUT2D eigenvalue weighted by molar-refractivity contribution is -0.141. The summed E-state index contributed by atoms with van der Waals surface area (Å²) in [6.07, 6.45) is 12.8. The number of ether oxygens (including phenoxy) is 5. The summed E-state index contributed by atoms with van der Waals surface area (Å²) < 4.78 is 31.9. The number of anilines is 2. The zero-order valence-corrected chi connectivity index (χ0v) is 51.9. The molecule has 1 aliphatic heterocycles. The van der Waals surface area contributed by atoms with E-state index in [9.17, 15) is 19.2 Å². The highest BCUT2D eigenvalue weighted by atomic mass is 79.9. The Morgan fingerprint density at radius 1 is 0.800 bits per heavy atom. The summed E-state index contributed by atoms with van der Waals surface area (Å²) in [6, 6.07) is 21.1. The molecule has 3 N–H and O–H groups in total. The number of halogens is 1. The Hall–Kier alpha value is -6.79. The van der Waals surface area contributed by atoms with Crippen LogP contribution in [0.5, 0.6) is 11.5 Å². The van der Waals surface area contributed by atoms with E-state index in [2.05, 4.69) is 77.2 Å². The number of nitrogens with zero attached hydrogens (tertiary/aromatic N) is 8. The standard InChI is InChI=1S/C63H84BrN11O9S/c1-6-10-50(7-2)47(3)65-61(78)60(51-16-18-52(64)19-17-51)75(44-49-11-12-49)58(76)26-15-48-13-22-56(23-14-48)83-35-9-8-28-71(4)33-37-81-40-39-80-36-27-54-45-74(70-69-54)34-38-82-41-42-84-57-24-20-53(21-25-57)66-62(79)68-63-67-55(46-85-63)43-59(77)73-31-29-72(5)30-32-73/h6-7,10,13-14,16-25,45-47,49,60H,1-2,8-9,11-12,15,26-44H2,3-5H3,(H,65,78)(H2,66,67,68,79)/b50-10+. The number of hydrogen-bond donors (Lipinski definition) is 3. The van der Waals surface area contributed by atoms with Gasteiger partial charge in [0.2, 0.25) is 17.7 Å². The van der Waals surface area contributed by atoms with Crippen LogP contribution in [-0.2, 0) is 54.4 Å². The van der Waals surface area contributed by atoms with E-state index in [0.29, 0.717) is 120 Å². The van der Waals surface area contributed by atoms with Gasteiger partial charge < -0.3 is 53.9 Å². The smallest absolute Gasteiger partial charge is 0.325 e. The van der Waals surface area contributed by atoms with Crippen molar-refractivity contribution < 1.29 is 42.9 Å². The molecular weight excluding hydrogens is 1170 g/mol. The highest BCUT2D eigenvalue weighted by molar-refractivity contribution is 9.10. The molecule has 2 fully saturated rings. The molecule has 0 spiro atoms. The lowest BCUT2D eigenvalue weighted by Crippen LogP contribution is -2.47. The molecule has 85 heavy (non-hydrogen) atoms. The number of unbranched alkanes of at least 4 members (excludes halogenated alkanes) is 1. The molecular formula is C63H84BrN11O9S. The van der Waals surface area contributed by atoms with Crippen molar-refractivity contribution >= 4 is 61.8 Å². The summed E-state index contributed by atoms with van der Waals surface area (Å²) in [6.45, 7) is 19.6. The number of aryl methyl sites for hydroxylation is 1. The van der Waals surface area contributed by atoms with Crippen molar-refractivity contribution in [3.05, 3.63) is 148 Å². The van der Waals surface area contributed by atoms with Gasteiger partial charge in [-0.2, -0.15) is 0 Å². The van der Waals surface area contributed by atoms with Gasteiger partial charge in [0.15, 0.2) is 5.13 Å². The fourth-order valence-corrected chi connectivity index (χ4v) is 10.3. The molecule has 3 heterocycles. The number of rotatable bonds is 38. The molecule has 1 saturated heterocycles. The van der Waals surface area contributed by atoms with Gasteiger partial charge in [-0.05, 0) is 131 Å². The van der Waals surface area contributed by atoms with Crippen LogP contribution in [0.25, 0.3) is 0 Å². The van der Waals surface area contributed by atoms with E-state index in [0.717, 1.165) is 84.5 Å². The number of thiazole rings is 1. The zero-order chi connectivity index (χ0) is 60.2. The van der Waals surface area contributed by atoms with Gasteiger partial charge in [0.1, 0.15) is 24.1 Å². The molecule has 0 bridgehead atoms. The largest absolute Gasteiger partial charge is 0.494 e. The molecule has 2 atom stereocenters. The Morgan fingerprint density at radius 3 is 2.21 bits per heavy atom. The Morgan fingerprint density at radius 2 is 1.49 bits per heavy atom. The number of aromatic nitrogens is 4. The monoisotopic (exact) mass is 1250 g/mol. The minimum absolute atomic E-state index is 0.0466. The van der Waals surface area contributed by atoms with E-state index in [1.165, 1.54) is 11.3 Å². The minimum atomic E-state index is -0.770. The predicted octanol–water partition coefficient (Wildman–Crippen LogP) is 8.64. The Balaban J connectivity index is 0.668. The van der Waals surface area contributed by atoms with Crippen molar-refractivity contribution in [1.29, 1.82) is 0 Å². The van der Waals surface area contributed by atoms with E-state index in [4.69, 9.17) is 23.7 Å². The van der Waals surface area contributed by atoms with Crippen LogP contribution in [0.3, 0.4) is 0 Å². The molecule has 5 amide bonds. The lowest BCUT2D eigenvalue weighted by atomic mass is 10.0. The van der Waals surface area contributed by atoms with E-state index in [-0.39, 0.29) is 36.6 Å². The van der Waals surface area contributed by atoms with Crippen LogP contribution in [-0.4, -0.2) is 182 Å². The number of benzene rings is 3. The minimum Gasteiger partial charge on any atom is -0.494 e. The van der Waals surface area contributed by atoms with Gasteiger partial charge >= 0.3 is 6.03 Å².